The van der Waals surface area contributed by atoms with Crippen LogP contribution in [0.25, 0.3) is 0 Å². The molecule has 9 nitrogen and oxygen atoms in total. The molecule has 10 heteroatoms. The maximum absolute atomic E-state index is 11.3. The number of nitrogens with zero attached hydrogens (tertiary/aromatic N) is 4. The third kappa shape index (κ3) is 4.99. The number of carbonyl (C=O) groups excluding carboxylic acids is 1. The second-order valence-corrected chi connectivity index (χ2v) is 7.18. The molecule has 0 unspecified atom stereocenters. The highest BCUT2D eigenvalue weighted by molar-refractivity contribution is 6.28. The van der Waals surface area contributed by atoms with Crippen LogP contribution in [0.2, 0.25) is 5.28 Å². The first-order valence-corrected chi connectivity index (χ1v) is 9.72. The molecular formula is C19H26ClN7O2. The maximum Gasteiger partial charge on any atom is 0.226 e. The number of carbonyl (C=O) groups is 1. The Balaban J connectivity index is 1.83. The number of benzene rings is 1. The summed E-state index contributed by atoms with van der Waals surface area (Å²) in [7, 11) is 3.43. The van der Waals surface area contributed by atoms with E-state index in [0.717, 1.165) is 24.3 Å². The lowest BCUT2D eigenvalue weighted by Gasteiger charge is -2.27. The number of nitrogens with one attached hydrogen (secondary N) is 2. The normalized spacial score (nSPS) is 16.0. The zero-order valence-electron chi connectivity index (χ0n) is 16.8. The summed E-state index contributed by atoms with van der Waals surface area (Å²) in [6.07, 6.45) is 0.817. The van der Waals surface area contributed by atoms with Crippen LogP contribution in [-0.2, 0) is 11.3 Å². The Labute approximate surface area is 175 Å². The minimum atomic E-state index is -0.0490. The number of rotatable bonds is 7. The lowest BCUT2D eigenvalue weighted by molar-refractivity contribution is -0.119. The number of hydrogen-bond donors (Lipinski definition) is 3. The van der Waals surface area contributed by atoms with Crippen molar-refractivity contribution in [2.24, 2.45) is 0 Å². The van der Waals surface area contributed by atoms with Gasteiger partial charge in [0.2, 0.25) is 11.2 Å². The van der Waals surface area contributed by atoms with Crippen LogP contribution >= 0.6 is 11.6 Å². The number of nitrogen functional groups attached to an aromatic ring is 1. The van der Waals surface area contributed by atoms with Crippen LogP contribution in [0, 0.1) is 0 Å². The minimum absolute atomic E-state index is 0.0490. The van der Waals surface area contributed by atoms with Gasteiger partial charge in [0, 0.05) is 33.1 Å². The summed E-state index contributed by atoms with van der Waals surface area (Å²) in [6.45, 7) is 3.38. The van der Waals surface area contributed by atoms with E-state index in [1.54, 1.807) is 14.2 Å². The Bertz CT molecular complexity index is 862. The number of hydrazine groups is 1. The maximum atomic E-state index is 11.3. The van der Waals surface area contributed by atoms with Gasteiger partial charge in [-0.15, -0.1) is 0 Å². The summed E-state index contributed by atoms with van der Waals surface area (Å²) in [5.74, 6) is 1.82. The van der Waals surface area contributed by atoms with Gasteiger partial charge in [0.25, 0.3) is 0 Å². The fraction of sp³-hybridized carbons (Fsp3) is 0.421. The molecule has 0 spiro atoms. The number of amides is 1. The van der Waals surface area contributed by atoms with Crippen LogP contribution in [0.3, 0.4) is 0 Å². The van der Waals surface area contributed by atoms with E-state index in [0.29, 0.717) is 30.4 Å². The molecule has 0 aliphatic carbocycles. The van der Waals surface area contributed by atoms with E-state index in [2.05, 4.69) is 20.7 Å². The monoisotopic (exact) mass is 419 g/mol. The van der Waals surface area contributed by atoms with Gasteiger partial charge in [0.15, 0.2) is 11.6 Å². The van der Waals surface area contributed by atoms with Crippen LogP contribution in [0.4, 0.5) is 17.3 Å². The van der Waals surface area contributed by atoms with Crippen molar-refractivity contribution < 1.29 is 9.53 Å². The van der Waals surface area contributed by atoms with Gasteiger partial charge < -0.3 is 20.7 Å². The molecule has 2 aromatic rings. The average molecular weight is 420 g/mol. The van der Waals surface area contributed by atoms with E-state index in [1.807, 2.05) is 34.2 Å². The molecule has 29 heavy (non-hydrogen) atoms. The topological polar surface area (TPSA) is 109 Å². The third-order valence-electron chi connectivity index (χ3n) is 4.80. The largest absolute Gasteiger partial charge is 0.497 e. The molecule has 2 heterocycles. The molecule has 1 fully saturated rings. The van der Waals surface area contributed by atoms with Crippen molar-refractivity contribution in [3.05, 3.63) is 35.1 Å². The van der Waals surface area contributed by atoms with Gasteiger partial charge in [-0.05, 0) is 35.7 Å². The SMILES string of the molecule is CNN(Cc1ccc(OC)cc1)c1nc(Cl)nc(N2CC[C@H](NC(C)=O)C2)c1N. The molecule has 3 rings (SSSR count). The summed E-state index contributed by atoms with van der Waals surface area (Å²) in [4.78, 5) is 22.1. The highest BCUT2D eigenvalue weighted by Crippen LogP contribution is 2.33. The van der Waals surface area contributed by atoms with Gasteiger partial charge in [-0.25, -0.2) is 5.43 Å². The Morgan fingerprint density at radius 1 is 1.38 bits per heavy atom. The molecule has 0 bridgehead atoms. The van der Waals surface area contributed by atoms with Gasteiger partial charge in [0.05, 0.1) is 13.7 Å². The molecule has 1 amide bonds. The van der Waals surface area contributed by atoms with Gasteiger partial charge in [-0.1, -0.05) is 12.1 Å². The lowest BCUT2D eigenvalue weighted by atomic mass is 10.2. The quantitative estimate of drug-likeness (QED) is 0.458. The standard InChI is InChI=1S/C19H26ClN7O2/c1-12(28)23-14-8-9-26(11-14)17-16(21)18(25-19(20)24-17)27(22-2)10-13-4-6-15(29-3)7-5-13/h4-7,14,22H,8-11,21H2,1-3H3,(H,23,28)/t14-/m0/s1. The fourth-order valence-corrected chi connectivity index (χ4v) is 3.56. The molecule has 1 atom stereocenters. The molecule has 1 aliphatic rings. The molecule has 1 aliphatic heterocycles. The van der Waals surface area contributed by atoms with Crippen molar-refractivity contribution in [2.45, 2.75) is 25.9 Å². The summed E-state index contributed by atoms with van der Waals surface area (Å²) in [6, 6.07) is 7.81. The van der Waals surface area contributed by atoms with Gasteiger partial charge >= 0.3 is 0 Å². The summed E-state index contributed by atoms with van der Waals surface area (Å²) in [5, 5.41) is 4.86. The van der Waals surface area contributed by atoms with E-state index >= 15 is 0 Å². The second kappa shape index (κ2) is 9.15. The summed E-state index contributed by atoms with van der Waals surface area (Å²) < 4.78 is 5.21. The smallest absolute Gasteiger partial charge is 0.226 e. The van der Waals surface area contributed by atoms with Crippen LogP contribution in [0.5, 0.6) is 5.75 Å². The predicted octanol–water partition coefficient (Wildman–Crippen LogP) is 1.58. The number of methoxy groups -OCH3 is 1. The average Bonchev–Trinajstić information content (AvgIpc) is 3.15. The van der Waals surface area contributed by atoms with E-state index in [1.165, 1.54) is 6.92 Å². The first-order chi connectivity index (χ1) is 13.9. The van der Waals surface area contributed by atoms with Gasteiger partial charge in [-0.2, -0.15) is 9.97 Å². The first kappa shape index (κ1) is 20.9. The zero-order chi connectivity index (χ0) is 21.0. The number of hydrogen-bond acceptors (Lipinski definition) is 8. The Kier molecular flexibility index (Phi) is 6.60. The molecule has 4 N–H and O–H groups in total. The molecule has 1 saturated heterocycles. The van der Waals surface area contributed by atoms with E-state index < -0.39 is 0 Å². The highest BCUT2D eigenvalue weighted by Gasteiger charge is 2.28. The van der Waals surface area contributed by atoms with E-state index in [-0.39, 0.29) is 17.2 Å². The number of ether oxygens (including phenoxy) is 1. The van der Waals surface area contributed by atoms with Crippen molar-refractivity contribution in [1.82, 2.24) is 20.7 Å². The minimum Gasteiger partial charge on any atom is -0.497 e. The second-order valence-electron chi connectivity index (χ2n) is 6.84. The highest BCUT2D eigenvalue weighted by atomic mass is 35.5. The zero-order valence-corrected chi connectivity index (χ0v) is 17.5. The van der Waals surface area contributed by atoms with Gasteiger partial charge in [-0.3, -0.25) is 9.80 Å². The van der Waals surface area contributed by atoms with Crippen molar-refractivity contribution in [2.75, 3.05) is 42.9 Å². The summed E-state index contributed by atoms with van der Waals surface area (Å²) >= 11 is 6.22. The fourth-order valence-electron chi connectivity index (χ4n) is 3.40. The molecule has 0 radical (unpaired) electrons. The number of nitrogens with two attached hydrogens (primary N) is 1. The van der Waals surface area contributed by atoms with Crippen LogP contribution < -0.4 is 31.1 Å². The Morgan fingerprint density at radius 2 is 2.10 bits per heavy atom. The molecule has 1 aromatic heterocycles. The van der Waals surface area contributed by atoms with Crippen molar-refractivity contribution >= 4 is 34.8 Å². The van der Waals surface area contributed by atoms with E-state index in [4.69, 9.17) is 22.1 Å². The molecule has 156 valence electrons. The summed E-state index contributed by atoms with van der Waals surface area (Å²) in [5.41, 5.74) is 11.0. The third-order valence-corrected chi connectivity index (χ3v) is 4.97. The number of halogens is 1. The predicted molar refractivity (Wildman–Crippen MR) is 114 cm³/mol. The first-order valence-electron chi connectivity index (χ1n) is 9.34. The Hall–Kier alpha value is -2.78. The van der Waals surface area contributed by atoms with Crippen molar-refractivity contribution in [3.63, 3.8) is 0 Å². The lowest BCUT2D eigenvalue weighted by Crippen LogP contribution is -2.37. The number of anilines is 3. The van der Waals surface area contributed by atoms with E-state index in [9.17, 15) is 4.79 Å². The Morgan fingerprint density at radius 3 is 2.72 bits per heavy atom. The van der Waals surface area contributed by atoms with Crippen LogP contribution in [-0.4, -0.2) is 49.2 Å². The number of aromatic nitrogens is 2. The van der Waals surface area contributed by atoms with Crippen molar-refractivity contribution in [3.8, 4) is 5.75 Å². The van der Waals surface area contributed by atoms with Gasteiger partial charge in [0.1, 0.15) is 11.4 Å². The van der Waals surface area contributed by atoms with Crippen molar-refractivity contribution in [1.29, 1.82) is 0 Å². The molecular weight excluding hydrogens is 394 g/mol. The molecule has 1 aromatic carbocycles. The van der Waals surface area contributed by atoms with Crippen LogP contribution in [0.1, 0.15) is 18.9 Å². The molecule has 0 saturated carbocycles. The van der Waals surface area contributed by atoms with Crippen LogP contribution in [0.15, 0.2) is 24.3 Å².